The van der Waals surface area contributed by atoms with Gasteiger partial charge in [0, 0.05) is 54.9 Å². The Morgan fingerprint density at radius 1 is 0.307 bits per heavy atom. The summed E-state index contributed by atoms with van der Waals surface area (Å²) < 4.78 is 13.3. The number of nitrogens with zero attached hydrogens (tertiary/aromatic N) is 4. The van der Waals surface area contributed by atoms with Crippen molar-refractivity contribution < 1.29 is 4.74 Å². The maximum atomic E-state index is 12.4. The monoisotopic (exact) mass is 952 g/mol. The van der Waals surface area contributed by atoms with Gasteiger partial charge in [0.05, 0.1) is 44.6 Å². The number of hydrogen-bond acceptors (Lipinski definition) is 3. The normalized spacial score (nSPS) is 14.0. The first kappa shape index (κ1) is 41.6. The number of rotatable bonds is 4. The molecule has 0 bridgehead atoms. The number of nitriles is 2. The summed E-state index contributed by atoms with van der Waals surface area (Å²) in [7, 11) is 0. The number of benzene rings is 11. The minimum atomic E-state index is -1.33. The van der Waals surface area contributed by atoms with Gasteiger partial charge in [0.15, 0.2) is 0 Å². The quantitative estimate of drug-likeness (QED) is 0.177. The molecule has 2 spiro atoms. The predicted molar refractivity (Wildman–Crippen MR) is 300 cm³/mol. The van der Waals surface area contributed by atoms with E-state index in [0.717, 1.165) is 122 Å². The van der Waals surface area contributed by atoms with E-state index in [9.17, 15) is 10.5 Å². The van der Waals surface area contributed by atoms with E-state index in [1.54, 1.807) is 0 Å². The molecular formula is C70H40N4O. The standard InChI is InChI=1S/C70H40N4O/c71-41-55-56(42-72)68(74-62-34-18-12-28-52(62)54-38-36-46(40-64(54)74)44-21-5-2-6-22-44)66-65(67(55)73-61-33-17-11-27-51(61)53-37-35-45(39-63(53)73)43-19-3-1-4-20-43)69(57-29-13-7-23-47(57)48-24-8-14-30-58(48)69)75-70(66)59-31-15-9-25-49(59)50-26-10-16-32-60(50)70/h1-40H. The molecule has 1 aliphatic heterocycles. The van der Waals surface area contributed by atoms with Crippen LogP contribution in [0.2, 0.25) is 0 Å². The first-order valence-corrected chi connectivity index (χ1v) is 25.5. The van der Waals surface area contributed by atoms with E-state index in [1.165, 1.54) is 0 Å². The molecule has 0 saturated heterocycles. The molecule has 0 saturated carbocycles. The van der Waals surface area contributed by atoms with Crippen molar-refractivity contribution in [3.05, 3.63) is 287 Å². The van der Waals surface area contributed by atoms with Crippen LogP contribution in [-0.2, 0) is 15.9 Å². The molecule has 5 heteroatoms. The van der Waals surface area contributed by atoms with Crippen LogP contribution >= 0.6 is 0 Å². The Balaban J connectivity index is 1.20. The summed E-state index contributed by atoms with van der Waals surface area (Å²) in [5, 5.41) is 29.0. The molecule has 0 amide bonds. The van der Waals surface area contributed by atoms with Gasteiger partial charge in [-0.25, -0.2) is 0 Å². The molecule has 0 N–H and O–H groups in total. The molecule has 346 valence electrons. The Labute approximate surface area is 432 Å². The van der Waals surface area contributed by atoms with Crippen LogP contribution in [0.5, 0.6) is 0 Å². The lowest BCUT2D eigenvalue weighted by Crippen LogP contribution is -2.34. The summed E-state index contributed by atoms with van der Waals surface area (Å²) in [5.41, 5.74) is 16.8. The molecule has 2 aromatic heterocycles. The average molecular weight is 953 g/mol. The van der Waals surface area contributed by atoms with Gasteiger partial charge in [-0.3, -0.25) is 0 Å². The maximum absolute atomic E-state index is 12.4. The number of para-hydroxylation sites is 2. The van der Waals surface area contributed by atoms with Crippen molar-refractivity contribution in [3.8, 4) is 68.0 Å². The van der Waals surface area contributed by atoms with E-state index >= 15 is 0 Å². The first-order valence-electron chi connectivity index (χ1n) is 25.5. The lowest BCUT2D eigenvalue weighted by molar-refractivity contribution is -0.0486. The average Bonchev–Trinajstić information content (AvgIpc) is 4.33. The Kier molecular flexibility index (Phi) is 8.45. The topological polar surface area (TPSA) is 66.7 Å². The van der Waals surface area contributed by atoms with Crippen LogP contribution in [0, 0.1) is 22.7 Å². The van der Waals surface area contributed by atoms with E-state index in [1.807, 2.05) is 12.1 Å². The second-order valence-corrected chi connectivity index (χ2v) is 20.0. The van der Waals surface area contributed by atoms with Crippen molar-refractivity contribution in [1.82, 2.24) is 9.13 Å². The van der Waals surface area contributed by atoms with Gasteiger partial charge >= 0.3 is 0 Å². The van der Waals surface area contributed by atoms with E-state index in [2.05, 4.69) is 252 Å². The highest BCUT2D eigenvalue weighted by Gasteiger charge is 2.65. The second kappa shape index (κ2) is 15.2. The molecule has 75 heavy (non-hydrogen) atoms. The van der Waals surface area contributed by atoms with Crippen molar-refractivity contribution in [2.45, 2.75) is 11.2 Å². The Morgan fingerprint density at radius 3 is 1.00 bits per heavy atom. The highest BCUT2D eigenvalue weighted by Crippen LogP contribution is 2.70. The summed E-state index contributed by atoms with van der Waals surface area (Å²) in [6.45, 7) is 0. The summed E-state index contributed by atoms with van der Waals surface area (Å²) in [6.07, 6.45) is 0. The summed E-state index contributed by atoms with van der Waals surface area (Å²) in [4.78, 5) is 0. The fourth-order valence-electron chi connectivity index (χ4n) is 13.6. The molecule has 0 radical (unpaired) electrons. The molecule has 3 aliphatic rings. The zero-order chi connectivity index (χ0) is 49.6. The lowest BCUT2D eigenvalue weighted by Gasteiger charge is -2.34. The zero-order valence-electron chi connectivity index (χ0n) is 40.3. The molecule has 2 aliphatic carbocycles. The number of hydrogen-bond donors (Lipinski definition) is 0. The van der Waals surface area contributed by atoms with Crippen LogP contribution in [0.4, 0.5) is 0 Å². The number of aromatic nitrogens is 2. The zero-order valence-corrected chi connectivity index (χ0v) is 40.3. The fraction of sp³-hybridized carbons (Fsp3) is 0.0286. The molecule has 0 atom stereocenters. The molecule has 5 nitrogen and oxygen atoms in total. The summed E-state index contributed by atoms with van der Waals surface area (Å²) in [6, 6.07) is 91.3. The molecule has 13 aromatic rings. The smallest absolute Gasteiger partial charge is 0.149 e. The minimum Gasteiger partial charge on any atom is -0.340 e. The van der Waals surface area contributed by atoms with Gasteiger partial charge in [0.1, 0.15) is 23.3 Å². The van der Waals surface area contributed by atoms with E-state index in [4.69, 9.17) is 4.74 Å². The van der Waals surface area contributed by atoms with Crippen LogP contribution in [-0.4, -0.2) is 9.13 Å². The van der Waals surface area contributed by atoms with Crippen molar-refractivity contribution >= 4 is 43.6 Å². The van der Waals surface area contributed by atoms with E-state index in [0.29, 0.717) is 11.4 Å². The van der Waals surface area contributed by atoms with Gasteiger partial charge < -0.3 is 13.9 Å². The van der Waals surface area contributed by atoms with Gasteiger partial charge in [0.2, 0.25) is 0 Å². The van der Waals surface area contributed by atoms with Crippen LogP contribution in [0.25, 0.3) is 99.5 Å². The van der Waals surface area contributed by atoms with Crippen molar-refractivity contribution in [2.24, 2.45) is 0 Å². The largest absolute Gasteiger partial charge is 0.340 e. The third-order valence-corrected chi connectivity index (χ3v) is 16.5. The minimum absolute atomic E-state index is 0.269. The lowest BCUT2D eigenvalue weighted by atomic mass is 9.75. The van der Waals surface area contributed by atoms with Crippen LogP contribution in [0.15, 0.2) is 243 Å². The highest BCUT2D eigenvalue weighted by molar-refractivity contribution is 6.13. The van der Waals surface area contributed by atoms with Gasteiger partial charge in [-0.15, -0.1) is 0 Å². The van der Waals surface area contributed by atoms with Crippen molar-refractivity contribution in [2.75, 3.05) is 0 Å². The Bertz CT molecular complexity index is 4330. The van der Waals surface area contributed by atoms with Gasteiger partial charge in [-0.2, -0.15) is 10.5 Å². The predicted octanol–water partition coefficient (Wildman–Crippen LogP) is 16.5. The van der Waals surface area contributed by atoms with Crippen molar-refractivity contribution in [3.63, 3.8) is 0 Å². The SMILES string of the molecule is N#Cc1c(C#N)c(-n2c3ccccc3c3ccc(-c4ccccc4)cc32)c2c(c1-n1c3ccccc3c3ccc(-c4ccccc4)cc31)C1(OC23c2ccccc2-c2ccccc23)c2ccccc2-c2ccccc21. The highest BCUT2D eigenvalue weighted by atomic mass is 16.5. The Hall–Kier alpha value is -10.0. The molecule has 0 fully saturated rings. The van der Waals surface area contributed by atoms with Crippen molar-refractivity contribution in [1.29, 1.82) is 10.5 Å². The van der Waals surface area contributed by atoms with Crippen LogP contribution in [0.3, 0.4) is 0 Å². The van der Waals surface area contributed by atoms with Crippen LogP contribution in [0.1, 0.15) is 44.5 Å². The van der Waals surface area contributed by atoms with Gasteiger partial charge in [0.25, 0.3) is 0 Å². The molecule has 0 unspecified atom stereocenters. The van der Waals surface area contributed by atoms with Gasteiger partial charge in [-0.1, -0.05) is 218 Å². The molecule has 16 rings (SSSR count). The molecule has 3 heterocycles. The van der Waals surface area contributed by atoms with E-state index in [-0.39, 0.29) is 11.1 Å². The maximum Gasteiger partial charge on any atom is 0.149 e. The fourth-order valence-corrected chi connectivity index (χ4v) is 13.6. The van der Waals surface area contributed by atoms with E-state index < -0.39 is 11.2 Å². The second-order valence-electron chi connectivity index (χ2n) is 20.0. The summed E-state index contributed by atoms with van der Waals surface area (Å²) >= 11 is 0. The number of fused-ring (bicyclic) bond motifs is 19. The molecular weight excluding hydrogens is 913 g/mol. The first-order chi connectivity index (χ1) is 37.1. The summed E-state index contributed by atoms with van der Waals surface area (Å²) in [5.74, 6) is 0. The third-order valence-electron chi connectivity index (χ3n) is 16.5. The van der Waals surface area contributed by atoms with Crippen LogP contribution < -0.4 is 0 Å². The molecule has 11 aromatic carbocycles. The number of ether oxygens (including phenoxy) is 1. The van der Waals surface area contributed by atoms with Gasteiger partial charge in [-0.05, 0) is 68.8 Å². The third kappa shape index (κ3) is 5.26. The Morgan fingerprint density at radius 2 is 0.627 bits per heavy atom.